The second kappa shape index (κ2) is 6.06. The zero-order valence-electron chi connectivity index (χ0n) is 8.71. The van der Waals surface area contributed by atoms with Gasteiger partial charge in [-0.05, 0) is 6.92 Å². The molecule has 1 N–H and O–H groups in total. The maximum absolute atomic E-state index is 11.2. The van der Waals surface area contributed by atoms with Crippen LogP contribution >= 0.6 is 11.8 Å². The zero-order chi connectivity index (χ0) is 12.0. The number of rotatable bonds is 5. The van der Waals surface area contributed by atoms with Crippen molar-refractivity contribution in [2.75, 3.05) is 12.4 Å². The summed E-state index contributed by atoms with van der Waals surface area (Å²) in [6.07, 6.45) is 1.67. The molecule has 0 aliphatic carbocycles. The van der Waals surface area contributed by atoms with Crippen LogP contribution in [0, 0.1) is 0 Å². The highest BCUT2D eigenvalue weighted by Crippen LogP contribution is 2.17. The van der Waals surface area contributed by atoms with E-state index in [2.05, 4.69) is 26.5 Å². The van der Waals surface area contributed by atoms with Gasteiger partial charge in [-0.15, -0.1) is 16.8 Å². The van der Waals surface area contributed by atoms with Crippen molar-refractivity contribution in [2.24, 2.45) is 0 Å². The van der Waals surface area contributed by atoms with E-state index < -0.39 is 11.8 Å². The van der Waals surface area contributed by atoms with E-state index in [1.807, 2.05) is 0 Å². The average molecular weight is 241 g/mol. The number of thioether (sulfide) groups is 1. The van der Waals surface area contributed by atoms with Crippen LogP contribution in [0.4, 0.5) is 0 Å². The molecule has 0 aromatic carbocycles. The van der Waals surface area contributed by atoms with Crippen molar-refractivity contribution in [3.63, 3.8) is 0 Å². The second-order valence-electron chi connectivity index (χ2n) is 2.59. The molecule has 7 heteroatoms. The normalized spacial score (nSPS) is 9.81. The zero-order valence-corrected chi connectivity index (χ0v) is 9.53. The maximum atomic E-state index is 11.2. The first-order valence-corrected chi connectivity index (χ1v) is 5.52. The molecule has 0 atom stereocenters. The first kappa shape index (κ1) is 12.4. The summed E-state index contributed by atoms with van der Waals surface area (Å²) in [5.41, 5.74) is -0.273. The molecule has 0 aliphatic heterocycles. The Morgan fingerprint density at radius 2 is 2.38 bits per heavy atom. The van der Waals surface area contributed by atoms with Crippen LogP contribution in [-0.2, 0) is 4.74 Å². The highest BCUT2D eigenvalue weighted by Gasteiger charge is 2.17. The molecule has 6 nitrogen and oxygen atoms in total. The van der Waals surface area contributed by atoms with Crippen LogP contribution in [-0.4, -0.2) is 38.6 Å². The van der Waals surface area contributed by atoms with Gasteiger partial charge in [0.15, 0.2) is 0 Å². The van der Waals surface area contributed by atoms with Gasteiger partial charge in [0.1, 0.15) is 0 Å². The number of hydrogen-bond acceptors (Lipinski definition) is 7. The predicted molar refractivity (Wildman–Crippen MR) is 58.4 cm³/mol. The summed E-state index contributed by atoms with van der Waals surface area (Å²) in [4.78, 5) is 15.0. The third kappa shape index (κ3) is 3.20. The van der Waals surface area contributed by atoms with Crippen molar-refractivity contribution in [3.05, 3.63) is 18.3 Å². The standard InChI is InChI=1S/C9H11N3O3S/c1-3-5-16-9-10-7(13)6(11-12-9)8(14)15-4-2/h3H,1,4-5H2,2H3,(H,10,12,13). The van der Waals surface area contributed by atoms with Crippen molar-refractivity contribution < 1.29 is 14.6 Å². The van der Waals surface area contributed by atoms with Gasteiger partial charge in [0.05, 0.1) is 6.61 Å². The third-order valence-corrected chi connectivity index (χ3v) is 2.28. The summed E-state index contributed by atoms with van der Waals surface area (Å²) >= 11 is 1.25. The first-order chi connectivity index (χ1) is 7.69. The molecule has 0 saturated carbocycles. The van der Waals surface area contributed by atoms with Gasteiger partial charge in [0, 0.05) is 5.75 Å². The summed E-state index contributed by atoms with van der Waals surface area (Å²) in [5.74, 6) is -0.611. The summed E-state index contributed by atoms with van der Waals surface area (Å²) < 4.78 is 4.67. The maximum Gasteiger partial charge on any atom is 0.364 e. The number of esters is 1. The minimum atomic E-state index is -0.736. The Labute approximate surface area is 96.8 Å². The van der Waals surface area contributed by atoms with Crippen LogP contribution in [0.3, 0.4) is 0 Å². The second-order valence-corrected chi connectivity index (χ2v) is 3.57. The summed E-state index contributed by atoms with van der Waals surface area (Å²) in [6.45, 7) is 5.39. The van der Waals surface area contributed by atoms with E-state index in [1.54, 1.807) is 13.0 Å². The van der Waals surface area contributed by atoms with E-state index >= 15 is 0 Å². The lowest BCUT2D eigenvalue weighted by Crippen LogP contribution is -2.10. The van der Waals surface area contributed by atoms with Crippen LogP contribution in [0.1, 0.15) is 17.4 Å². The average Bonchev–Trinajstić information content (AvgIpc) is 2.26. The van der Waals surface area contributed by atoms with Crippen molar-refractivity contribution in [3.8, 4) is 5.88 Å². The molecule has 0 spiro atoms. The molecule has 1 aromatic heterocycles. The predicted octanol–water partition coefficient (Wildman–Crippen LogP) is 1.03. The van der Waals surface area contributed by atoms with Crippen LogP contribution < -0.4 is 0 Å². The van der Waals surface area contributed by atoms with Gasteiger partial charge in [-0.25, -0.2) is 4.79 Å². The van der Waals surface area contributed by atoms with Gasteiger partial charge in [-0.1, -0.05) is 17.8 Å². The first-order valence-electron chi connectivity index (χ1n) is 4.53. The lowest BCUT2D eigenvalue weighted by atomic mass is 10.4. The molecular weight excluding hydrogens is 230 g/mol. The lowest BCUT2D eigenvalue weighted by molar-refractivity contribution is 0.0512. The molecule has 1 aromatic rings. The molecule has 86 valence electrons. The van der Waals surface area contributed by atoms with E-state index in [9.17, 15) is 9.90 Å². The van der Waals surface area contributed by atoms with Crippen LogP contribution in [0.2, 0.25) is 0 Å². The van der Waals surface area contributed by atoms with Gasteiger partial charge in [0.2, 0.25) is 16.7 Å². The Kier molecular flexibility index (Phi) is 4.71. The number of carbonyl (C=O) groups excluding carboxylic acids is 1. The van der Waals surface area contributed by atoms with E-state index in [-0.39, 0.29) is 17.5 Å². The molecular formula is C9H11N3O3S. The SMILES string of the molecule is C=CCSc1nnc(C(=O)OCC)c(O)n1. The molecule has 0 saturated heterocycles. The van der Waals surface area contributed by atoms with Crippen molar-refractivity contribution in [1.29, 1.82) is 0 Å². The number of nitrogens with zero attached hydrogens (tertiary/aromatic N) is 3. The van der Waals surface area contributed by atoms with Gasteiger partial charge in [0.25, 0.3) is 0 Å². The minimum absolute atomic E-state index is 0.201. The molecule has 1 rings (SSSR count). The largest absolute Gasteiger partial charge is 0.491 e. The highest BCUT2D eigenvalue weighted by atomic mass is 32.2. The van der Waals surface area contributed by atoms with Gasteiger partial charge in [-0.3, -0.25) is 0 Å². The summed E-state index contributed by atoms with van der Waals surface area (Å²) in [6, 6.07) is 0. The van der Waals surface area contributed by atoms with Gasteiger partial charge < -0.3 is 9.84 Å². The molecule has 1 heterocycles. The summed E-state index contributed by atoms with van der Waals surface area (Å²) in [5, 5.41) is 16.9. The molecule has 0 fully saturated rings. The smallest absolute Gasteiger partial charge is 0.364 e. The summed E-state index contributed by atoms with van der Waals surface area (Å²) in [7, 11) is 0. The molecule has 0 bridgehead atoms. The molecule has 0 radical (unpaired) electrons. The quantitative estimate of drug-likeness (QED) is 0.468. The fraction of sp³-hybridized carbons (Fsp3) is 0.333. The Morgan fingerprint density at radius 3 is 2.94 bits per heavy atom. The Hall–Kier alpha value is -1.63. The fourth-order valence-electron chi connectivity index (χ4n) is 0.830. The number of carbonyl (C=O) groups is 1. The number of ether oxygens (including phenoxy) is 1. The minimum Gasteiger partial charge on any atom is -0.491 e. The lowest BCUT2D eigenvalue weighted by Gasteiger charge is -2.02. The monoisotopic (exact) mass is 241 g/mol. The van der Waals surface area contributed by atoms with Gasteiger partial charge >= 0.3 is 5.97 Å². The highest BCUT2D eigenvalue weighted by molar-refractivity contribution is 7.99. The molecule has 0 aliphatic rings. The third-order valence-electron chi connectivity index (χ3n) is 1.45. The van der Waals surface area contributed by atoms with E-state index in [4.69, 9.17) is 0 Å². The van der Waals surface area contributed by atoms with Crippen LogP contribution in [0.25, 0.3) is 0 Å². The number of hydrogen-bond donors (Lipinski definition) is 1. The Morgan fingerprint density at radius 1 is 1.62 bits per heavy atom. The van der Waals surface area contributed by atoms with Crippen molar-refractivity contribution in [1.82, 2.24) is 15.2 Å². The van der Waals surface area contributed by atoms with Gasteiger partial charge in [-0.2, -0.15) is 4.98 Å². The Balaban J connectivity index is 2.82. The fourth-order valence-corrected chi connectivity index (χ4v) is 1.35. The van der Waals surface area contributed by atoms with Crippen LogP contribution in [0.5, 0.6) is 5.88 Å². The number of aromatic nitrogens is 3. The van der Waals surface area contributed by atoms with Crippen LogP contribution in [0.15, 0.2) is 17.8 Å². The van der Waals surface area contributed by atoms with Crippen molar-refractivity contribution >= 4 is 17.7 Å². The van der Waals surface area contributed by atoms with Crippen molar-refractivity contribution in [2.45, 2.75) is 12.1 Å². The van der Waals surface area contributed by atoms with E-state index in [0.717, 1.165) is 0 Å². The number of aromatic hydroxyl groups is 1. The molecule has 16 heavy (non-hydrogen) atoms. The van der Waals surface area contributed by atoms with E-state index in [0.29, 0.717) is 5.75 Å². The van der Waals surface area contributed by atoms with E-state index in [1.165, 1.54) is 11.8 Å². The molecule has 0 amide bonds. The topological polar surface area (TPSA) is 85.2 Å². The Bertz CT molecular complexity index is 398. The molecule has 0 unspecified atom stereocenters.